The van der Waals surface area contributed by atoms with Crippen LogP contribution in [0.2, 0.25) is 0 Å². The van der Waals surface area contributed by atoms with E-state index in [-0.39, 0.29) is 12.4 Å². The summed E-state index contributed by atoms with van der Waals surface area (Å²) in [5.41, 5.74) is 4.31. The van der Waals surface area contributed by atoms with E-state index in [0.29, 0.717) is 35.1 Å². The highest BCUT2D eigenvalue weighted by molar-refractivity contribution is 6.12. The Labute approximate surface area is 208 Å². The topological polar surface area (TPSA) is 56.8 Å². The van der Waals surface area contributed by atoms with E-state index in [9.17, 15) is 4.79 Å². The summed E-state index contributed by atoms with van der Waals surface area (Å²) in [6.07, 6.45) is 7.06. The van der Waals surface area contributed by atoms with Gasteiger partial charge in [0.25, 0.3) is 0 Å². The van der Waals surface area contributed by atoms with Crippen molar-refractivity contribution in [2.24, 2.45) is 0 Å². The molecule has 0 atom stereocenters. The van der Waals surface area contributed by atoms with E-state index in [0.717, 1.165) is 29.8 Å². The van der Waals surface area contributed by atoms with Crippen LogP contribution in [0.4, 0.5) is 5.69 Å². The quantitative estimate of drug-likeness (QED) is 0.196. The van der Waals surface area contributed by atoms with Crippen LogP contribution in [0.25, 0.3) is 0 Å². The molecule has 0 aromatic heterocycles. The molecule has 0 bridgehead atoms. The Hall–Kier alpha value is -3.91. The number of benzene rings is 3. The van der Waals surface area contributed by atoms with E-state index < -0.39 is 0 Å². The lowest BCUT2D eigenvalue weighted by atomic mass is 9.97. The van der Waals surface area contributed by atoms with E-state index in [1.807, 2.05) is 54.6 Å². The Bertz CT molecular complexity index is 1180. The smallest absolute Gasteiger partial charge is 0.195 e. The highest BCUT2D eigenvalue weighted by Gasteiger charge is 2.16. The second kappa shape index (κ2) is 12.5. The third-order valence-corrected chi connectivity index (χ3v) is 5.80. The fourth-order valence-corrected chi connectivity index (χ4v) is 3.81. The summed E-state index contributed by atoms with van der Waals surface area (Å²) in [7, 11) is 3.26. The first-order chi connectivity index (χ1) is 17.0. The minimum atomic E-state index is -0.0612. The molecule has 0 saturated heterocycles. The van der Waals surface area contributed by atoms with Gasteiger partial charge in [-0.2, -0.15) is 0 Å². The van der Waals surface area contributed by atoms with Crippen molar-refractivity contribution in [2.45, 2.75) is 32.6 Å². The number of hydrogen-bond donors (Lipinski definition) is 1. The van der Waals surface area contributed by atoms with Crippen molar-refractivity contribution < 1.29 is 19.0 Å². The van der Waals surface area contributed by atoms with Crippen LogP contribution in [0.15, 0.2) is 60.7 Å². The molecule has 182 valence electrons. The average Bonchev–Trinajstić information content (AvgIpc) is 2.89. The van der Waals surface area contributed by atoms with Gasteiger partial charge in [-0.3, -0.25) is 4.79 Å². The van der Waals surface area contributed by atoms with Crippen molar-refractivity contribution in [2.75, 3.05) is 32.7 Å². The molecule has 5 nitrogen and oxygen atoms in total. The monoisotopic (exact) mass is 471 g/mol. The minimum absolute atomic E-state index is 0.0612. The van der Waals surface area contributed by atoms with Gasteiger partial charge in [-0.05, 0) is 60.2 Å². The highest BCUT2D eigenvalue weighted by atomic mass is 16.5. The van der Waals surface area contributed by atoms with Crippen molar-refractivity contribution in [3.8, 4) is 29.6 Å². The molecule has 0 unspecified atom stereocenters. The first kappa shape index (κ1) is 25.7. The Kier molecular flexibility index (Phi) is 9.20. The third-order valence-electron chi connectivity index (χ3n) is 5.80. The zero-order valence-corrected chi connectivity index (χ0v) is 20.9. The van der Waals surface area contributed by atoms with Gasteiger partial charge < -0.3 is 19.5 Å². The predicted molar refractivity (Wildman–Crippen MR) is 141 cm³/mol. The number of ether oxygens (including phenoxy) is 3. The van der Waals surface area contributed by atoms with Crippen LogP contribution < -0.4 is 19.5 Å². The van der Waals surface area contributed by atoms with Crippen LogP contribution >= 0.6 is 0 Å². The Morgan fingerprint density at radius 2 is 1.71 bits per heavy atom. The molecular weight excluding hydrogens is 438 g/mol. The van der Waals surface area contributed by atoms with Gasteiger partial charge in [0, 0.05) is 23.4 Å². The Morgan fingerprint density at radius 3 is 2.37 bits per heavy atom. The van der Waals surface area contributed by atoms with Gasteiger partial charge in [0.2, 0.25) is 0 Å². The number of rotatable bonds is 12. The van der Waals surface area contributed by atoms with Gasteiger partial charge in [0.05, 0.1) is 14.2 Å². The largest absolute Gasteiger partial charge is 0.493 e. The maximum atomic E-state index is 13.4. The fourth-order valence-electron chi connectivity index (χ4n) is 3.81. The molecule has 0 radical (unpaired) electrons. The third kappa shape index (κ3) is 6.80. The average molecular weight is 472 g/mol. The SMILES string of the molecule is C#CCOc1ccc(NCCCc2ccc(OC)c(OC)c2)c(C(=O)c2ccc(C(C)C)cc2)c1. The van der Waals surface area contributed by atoms with Gasteiger partial charge in [-0.25, -0.2) is 0 Å². The van der Waals surface area contributed by atoms with Gasteiger partial charge >= 0.3 is 0 Å². The minimum Gasteiger partial charge on any atom is -0.493 e. The summed E-state index contributed by atoms with van der Waals surface area (Å²) in [5, 5.41) is 3.43. The lowest BCUT2D eigenvalue weighted by molar-refractivity contribution is 0.103. The molecule has 3 aromatic carbocycles. The molecule has 0 spiro atoms. The second-order valence-corrected chi connectivity index (χ2v) is 8.53. The number of ketones is 1. The molecule has 0 aliphatic carbocycles. The molecule has 5 heteroatoms. The van der Waals surface area contributed by atoms with Crippen LogP contribution in [0, 0.1) is 12.3 Å². The standard InChI is InChI=1S/C30H33NO4/c1-6-18-35-25-14-15-27(26(20-25)30(32)24-12-10-23(11-13-24)21(2)3)31-17-7-8-22-9-16-28(33-4)29(19-22)34-5/h1,9-16,19-21,31H,7-8,17-18H2,2-5H3. The Morgan fingerprint density at radius 1 is 0.971 bits per heavy atom. The van der Waals surface area contributed by atoms with Gasteiger partial charge in [0.1, 0.15) is 12.4 Å². The van der Waals surface area contributed by atoms with E-state index in [1.165, 1.54) is 5.56 Å². The highest BCUT2D eigenvalue weighted by Crippen LogP contribution is 2.29. The molecule has 0 aliphatic heterocycles. The lowest BCUT2D eigenvalue weighted by Gasteiger charge is -2.14. The lowest BCUT2D eigenvalue weighted by Crippen LogP contribution is -2.10. The van der Waals surface area contributed by atoms with Gasteiger partial charge in [-0.1, -0.05) is 50.1 Å². The van der Waals surface area contributed by atoms with Crippen molar-refractivity contribution in [1.82, 2.24) is 0 Å². The number of methoxy groups -OCH3 is 2. The molecular formula is C30H33NO4. The number of aryl methyl sites for hydroxylation is 1. The summed E-state index contributed by atoms with van der Waals surface area (Å²) < 4.78 is 16.3. The van der Waals surface area contributed by atoms with Crippen LogP contribution in [0.5, 0.6) is 17.2 Å². The van der Waals surface area contributed by atoms with E-state index in [2.05, 4.69) is 25.1 Å². The zero-order valence-electron chi connectivity index (χ0n) is 20.9. The molecule has 3 rings (SSSR count). The fraction of sp³-hybridized carbons (Fsp3) is 0.300. The van der Waals surface area contributed by atoms with E-state index >= 15 is 0 Å². The van der Waals surface area contributed by atoms with Gasteiger partial charge in [-0.15, -0.1) is 6.42 Å². The summed E-state index contributed by atoms with van der Waals surface area (Å²) >= 11 is 0. The molecule has 35 heavy (non-hydrogen) atoms. The van der Waals surface area contributed by atoms with E-state index in [4.69, 9.17) is 20.6 Å². The summed E-state index contributed by atoms with van der Waals surface area (Å²) in [6.45, 7) is 5.11. The number of carbonyl (C=O) groups is 1. The second-order valence-electron chi connectivity index (χ2n) is 8.53. The molecule has 0 saturated carbocycles. The van der Waals surface area contributed by atoms with Crippen LogP contribution in [-0.4, -0.2) is 33.2 Å². The van der Waals surface area contributed by atoms with Crippen LogP contribution in [-0.2, 0) is 6.42 Å². The number of nitrogens with one attached hydrogen (secondary N) is 1. The van der Waals surface area contributed by atoms with Gasteiger partial charge in [0.15, 0.2) is 17.3 Å². The zero-order chi connectivity index (χ0) is 25.2. The number of carbonyl (C=O) groups excluding carboxylic acids is 1. The first-order valence-electron chi connectivity index (χ1n) is 11.8. The number of terminal acetylenes is 1. The normalized spacial score (nSPS) is 10.5. The van der Waals surface area contributed by atoms with Crippen molar-refractivity contribution in [3.63, 3.8) is 0 Å². The Balaban J connectivity index is 1.73. The van der Waals surface area contributed by atoms with E-state index in [1.54, 1.807) is 20.3 Å². The van der Waals surface area contributed by atoms with Crippen molar-refractivity contribution in [3.05, 3.63) is 82.9 Å². The molecule has 1 N–H and O–H groups in total. The maximum Gasteiger partial charge on any atom is 0.195 e. The molecule has 0 aliphatic rings. The first-order valence-corrected chi connectivity index (χ1v) is 11.8. The predicted octanol–water partition coefficient (Wildman–Crippen LogP) is 6.11. The summed E-state index contributed by atoms with van der Waals surface area (Å²) in [4.78, 5) is 13.4. The maximum absolute atomic E-state index is 13.4. The molecule has 0 amide bonds. The van der Waals surface area contributed by atoms with Crippen LogP contribution in [0.3, 0.4) is 0 Å². The van der Waals surface area contributed by atoms with Crippen molar-refractivity contribution >= 4 is 11.5 Å². The molecule has 0 heterocycles. The number of anilines is 1. The summed E-state index contributed by atoms with van der Waals surface area (Å²) in [6, 6.07) is 19.2. The molecule has 0 fully saturated rings. The summed E-state index contributed by atoms with van der Waals surface area (Å²) in [5.74, 6) is 4.81. The molecule has 3 aromatic rings. The number of hydrogen-bond acceptors (Lipinski definition) is 5. The van der Waals surface area contributed by atoms with Crippen molar-refractivity contribution in [1.29, 1.82) is 0 Å². The van der Waals surface area contributed by atoms with Crippen LogP contribution in [0.1, 0.15) is 53.2 Å².